The van der Waals surface area contributed by atoms with Crippen LogP contribution < -0.4 is 4.90 Å². The second kappa shape index (κ2) is 10.0. The zero-order valence-electron chi connectivity index (χ0n) is 21.0. The van der Waals surface area contributed by atoms with E-state index in [0.717, 1.165) is 50.3 Å². The summed E-state index contributed by atoms with van der Waals surface area (Å²) in [6.07, 6.45) is 5.04. The van der Waals surface area contributed by atoms with Crippen LogP contribution in [0.4, 0.5) is 5.69 Å². The number of aromatic nitrogens is 3. The number of pyridine rings is 1. The van der Waals surface area contributed by atoms with Crippen molar-refractivity contribution in [3.63, 3.8) is 0 Å². The number of hydrogen-bond donors (Lipinski definition) is 0. The Hall–Kier alpha value is -3.23. The van der Waals surface area contributed by atoms with Gasteiger partial charge in [0.05, 0.1) is 25.5 Å². The molecular formula is C28H34N6O2. The number of benzene rings is 1. The molecule has 1 saturated heterocycles. The van der Waals surface area contributed by atoms with Crippen LogP contribution >= 0.6 is 0 Å². The van der Waals surface area contributed by atoms with Crippen LogP contribution in [0.15, 0.2) is 42.6 Å². The van der Waals surface area contributed by atoms with E-state index in [0.29, 0.717) is 38.5 Å². The molecule has 8 nitrogen and oxygen atoms in total. The molecule has 6 rings (SSSR count). The summed E-state index contributed by atoms with van der Waals surface area (Å²) in [7, 11) is 2.18. The van der Waals surface area contributed by atoms with Gasteiger partial charge < -0.3 is 14.5 Å². The molecule has 2 aromatic heterocycles. The first-order chi connectivity index (χ1) is 17.7. The van der Waals surface area contributed by atoms with Gasteiger partial charge >= 0.3 is 0 Å². The third-order valence-corrected chi connectivity index (χ3v) is 7.65. The van der Waals surface area contributed by atoms with Gasteiger partial charge in [-0.15, -0.1) is 0 Å². The molecule has 0 bridgehead atoms. The lowest BCUT2D eigenvalue weighted by atomic mass is 9.98. The van der Waals surface area contributed by atoms with Crippen LogP contribution in [-0.2, 0) is 37.2 Å². The lowest BCUT2D eigenvalue weighted by molar-refractivity contribution is 0.0297. The number of rotatable bonds is 5. The number of amides is 1. The summed E-state index contributed by atoms with van der Waals surface area (Å²) in [5, 5.41) is 4.88. The van der Waals surface area contributed by atoms with Crippen molar-refractivity contribution >= 4 is 11.6 Å². The van der Waals surface area contributed by atoms with Gasteiger partial charge in [-0.3, -0.25) is 19.4 Å². The molecular weight excluding hydrogens is 452 g/mol. The monoisotopic (exact) mass is 486 g/mol. The van der Waals surface area contributed by atoms with E-state index >= 15 is 0 Å². The van der Waals surface area contributed by atoms with Gasteiger partial charge in [-0.05, 0) is 42.2 Å². The summed E-state index contributed by atoms with van der Waals surface area (Å²) in [6.45, 7) is 6.68. The van der Waals surface area contributed by atoms with E-state index in [1.54, 1.807) is 0 Å². The Balaban J connectivity index is 1.27. The number of carbonyl (C=O) groups excluding carboxylic acids is 1. The fraction of sp³-hybridized carbons (Fsp3) is 0.464. The number of carbonyl (C=O) groups is 1. The molecule has 0 radical (unpaired) electrons. The molecule has 36 heavy (non-hydrogen) atoms. The summed E-state index contributed by atoms with van der Waals surface area (Å²) >= 11 is 0. The van der Waals surface area contributed by atoms with Crippen molar-refractivity contribution in [2.45, 2.75) is 38.9 Å². The third kappa shape index (κ3) is 4.63. The number of fused-ring (bicyclic) bond motifs is 2. The molecule has 1 fully saturated rings. The van der Waals surface area contributed by atoms with E-state index in [9.17, 15) is 4.79 Å². The van der Waals surface area contributed by atoms with Crippen molar-refractivity contribution < 1.29 is 9.53 Å². The van der Waals surface area contributed by atoms with Gasteiger partial charge in [0.2, 0.25) is 0 Å². The number of nitrogens with zero attached hydrogens (tertiary/aromatic N) is 6. The molecule has 0 saturated carbocycles. The molecule has 1 amide bonds. The van der Waals surface area contributed by atoms with Crippen molar-refractivity contribution in [2.24, 2.45) is 0 Å². The van der Waals surface area contributed by atoms with E-state index in [1.165, 1.54) is 28.9 Å². The fourth-order valence-corrected chi connectivity index (χ4v) is 5.74. The molecule has 3 aliphatic rings. The van der Waals surface area contributed by atoms with Gasteiger partial charge in [0, 0.05) is 75.9 Å². The summed E-state index contributed by atoms with van der Waals surface area (Å²) in [5.41, 5.74) is 7.95. The lowest BCUT2D eigenvalue weighted by Gasteiger charge is -2.31. The van der Waals surface area contributed by atoms with E-state index in [1.807, 2.05) is 34.0 Å². The Labute approximate surface area is 212 Å². The Morgan fingerprint density at radius 3 is 2.75 bits per heavy atom. The van der Waals surface area contributed by atoms with Crippen molar-refractivity contribution in [1.29, 1.82) is 0 Å². The maximum absolute atomic E-state index is 13.5. The minimum absolute atomic E-state index is 0.0213. The Morgan fingerprint density at radius 1 is 1.03 bits per heavy atom. The van der Waals surface area contributed by atoms with Gasteiger partial charge in [0.1, 0.15) is 0 Å². The fourth-order valence-electron chi connectivity index (χ4n) is 5.74. The van der Waals surface area contributed by atoms with Crippen molar-refractivity contribution in [3.8, 4) is 0 Å². The van der Waals surface area contributed by atoms with Crippen LogP contribution in [0, 0.1) is 0 Å². The SMILES string of the molecule is CN1CCCc2cc(CN3CCc4c(c(C(=O)N5CCOCC5)nn4Cc4ccccn4)C3)ccc21. The van der Waals surface area contributed by atoms with Crippen LogP contribution in [0.25, 0.3) is 0 Å². The second-order valence-corrected chi connectivity index (χ2v) is 10.1. The molecule has 0 aliphatic carbocycles. The lowest BCUT2D eigenvalue weighted by Crippen LogP contribution is -2.41. The largest absolute Gasteiger partial charge is 0.378 e. The van der Waals surface area contributed by atoms with Crippen LogP contribution in [0.1, 0.15) is 45.0 Å². The quantitative estimate of drug-likeness (QED) is 0.553. The predicted octanol–water partition coefficient (Wildman–Crippen LogP) is 2.74. The van der Waals surface area contributed by atoms with Gasteiger partial charge in [-0.25, -0.2) is 0 Å². The number of anilines is 1. The van der Waals surface area contributed by atoms with Gasteiger partial charge in [0.25, 0.3) is 5.91 Å². The molecule has 8 heteroatoms. The molecule has 0 unspecified atom stereocenters. The summed E-state index contributed by atoms with van der Waals surface area (Å²) in [4.78, 5) is 24.7. The number of aryl methyl sites for hydroxylation is 1. The smallest absolute Gasteiger partial charge is 0.274 e. The summed E-state index contributed by atoms with van der Waals surface area (Å²) in [5.74, 6) is 0.0213. The summed E-state index contributed by atoms with van der Waals surface area (Å²) in [6, 6.07) is 12.9. The zero-order chi connectivity index (χ0) is 24.5. The highest BCUT2D eigenvalue weighted by atomic mass is 16.5. The first kappa shape index (κ1) is 23.2. The molecule has 3 aliphatic heterocycles. The van der Waals surface area contributed by atoms with Crippen LogP contribution in [0.3, 0.4) is 0 Å². The second-order valence-electron chi connectivity index (χ2n) is 10.1. The highest BCUT2D eigenvalue weighted by Crippen LogP contribution is 2.29. The molecule has 0 spiro atoms. The molecule has 5 heterocycles. The first-order valence-electron chi connectivity index (χ1n) is 13.1. The van der Waals surface area contributed by atoms with Crippen LogP contribution in [-0.4, -0.2) is 76.9 Å². The molecule has 1 aromatic carbocycles. The Kier molecular flexibility index (Phi) is 6.46. The normalized spacial score (nSPS) is 18.1. The zero-order valence-corrected chi connectivity index (χ0v) is 21.0. The van der Waals surface area contributed by atoms with Gasteiger partial charge in [0.15, 0.2) is 5.69 Å². The highest BCUT2D eigenvalue weighted by Gasteiger charge is 2.31. The van der Waals surface area contributed by atoms with E-state index < -0.39 is 0 Å². The number of hydrogen-bond acceptors (Lipinski definition) is 6. The first-order valence-corrected chi connectivity index (χ1v) is 13.1. The molecule has 188 valence electrons. The topological polar surface area (TPSA) is 66.7 Å². The van der Waals surface area contributed by atoms with E-state index in [-0.39, 0.29) is 5.91 Å². The maximum Gasteiger partial charge on any atom is 0.274 e. The Morgan fingerprint density at radius 2 is 1.92 bits per heavy atom. The van der Waals surface area contributed by atoms with Crippen molar-refractivity contribution in [3.05, 3.63) is 76.4 Å². The molecule has 0 N–H and O–H groups in total. The summed E-state index contributed by atoms with van der Waals surface area (Å²) < 4.78 is 7.48. The average molecular weight is 487 g/mol. The predicted molar refractivity (Wildman–Crippen MR) is 138 cm³/mol. The van der Waals surface area contributed by atoms with Gasteiger partial charge in [-0.1, -0.05) is 18.2 Å². The average Bonchev–Trinajstić information content (AvgIpc) is 3.27. The van der Waals surface area contributed by atoms with Crippen molar-refractivity contribution in [2.75, 3.05) is 51.3 Å². The molecule has 0 atom stereocenters. The standard InChI is InChI=1S/C28H34N6O2/c1-31-11-4-5-22-17-21(7-8-25(22)31)18-32-12-9-26-24(20-32)27(28(35)33-13-15-36-16-14-33)30-34(26)19-23-6-2-3-10-29-23/h2-3,6-8,10,17H,4-5,9,11-16,18-20H2,1H3. The number of morpholine rings is 1. The maximum atomic E-state index is 13.5. The van der Waals surface area contributed by atoms with Crippen LogP contribution in [0.5, 0.6) is 0 Å². The molecule has 3 aromatic rings. The highest BCUT2D eigenvalue weighted by molar-refractivity contribution is 5.94. The third-order valence-electron chi connectivity index (χ3n) is 7.65. The van der Waals surface area contributed by atoms with Crippen molar-refractivity contribution in [1.82, 2.24) is 24.6 Å². The minimum Gasteiger partial charge on any atom is -0.378 e. The number of ether oxygens (including phenoxy) is 1. The van der Waals surface area contributed by atoms with E-state index in [4.69, 9.17) is 9.84 Å². The van der Waals surface area contributed by atoms with Gasteiger partial charge in [-0.2, -0.15) is 5.10 Å². The van der Waals surface area contributed by atoms with E-state index in [2.05, 4.69) is 40.0 Å². The Bertz CT molecular complexity index is 1230. The van der Waals surface area contributed by atoms with Crippen LogP contribution in [0.2, 0.25) is 0 Å². The minimum atomic E-state index is 0.0213.